The zero-order valence-electron chi connectivity index (χ0n) is 19.3. The van der Waals surface area contributed by atoms with Gasteiger partial charge in [-0.3, -0.25) is 13.9 Å². The average molecular weight is 498 g/mol. The van der Waals surface area contributed by atoms with E-state index in [9.17, 15) is 22.4 Å². The largest absolute Gasteiger partial charge is 0.352 e. The van der Waals surface area contributed by atoms with Crippen molar-refractivity contribution in [1.29, 1.82) is 0 Å². The fraction of sp³-hybridized carbons (Fsp3) is 0.391. The molecular weight excluding hydrogens is 469 g/mol. The molecule has 2 rings (SSSR count). The summed E-state index contributed by atoms with van der Waals surface area (Å²) in [5.74, 6) is -1.40. The summed E-state index contributed by atoms with van der Waals surface area (Å²) in [4.78, 5) is 27.4. The van der Waals surface area contributed by atoms with E-state index in [2.05, 4.69) is 5.32 Å². The van der Waals surface area contributed by atoms with E-state index in [0.29, 0.717) is 16.1 Å². The van der Waals surface area contributed by atoms with Crippen molar-refractivity contribution in [1.82, 2.24) is 10.2 Å². The highest BCUT2D eigenvalue weighted by molar-refractivity contribution is 7.92. The number of halogens is 2. The van der Waals surface area contributed by atoms with Gasteiger partial charge in [0.25, 0.3) is 0 Å². The van der Waals surface area contributed by atoms with Crippen molar-refractivity contribution < 1.29 is 22.4 Å². The molecule has 7 nitrogen and oxygen atoms in total. The molecule has 0 aromatic heterocycles. The molecule has 2 aromatic carbocycles. The van der Waals surface area contributed by atoms with Crippen molar-refractivity contribution in [3.8, 4) is 0 Å². The Hall–Kier alpha value is -2.65. The van der Waals surface area contributed by atoms with Gasteiger partial charge in [0.15, 0.2) is 0 Å². The Bertz CT molecular complexity index is 1110. The van der Waals surface area contributed by atoms with E-state index >= 15 is 0 Å². The summed E-state index contributed by atoms with van der Waals surface area (Å²) in [6.45, 7) is 6.34. The van der Waals surface area contributed by atoms with Gasteiger partial charge < -0.3 is 10.2 Å². The molecule has 180 valence electrons. The SMILES string of the molecule is Cc1ccc(Cl)cc1N(CC(=O)N(Cc1ccc(F)cc1)[C@H](C)C(=O)NC(C)C)S(C)(=O)=O. The fourth-order valence-electron chi connectivity index (χ4n) is 3.22. The predicted molar refractivity (Wildman–Crippen MR) is 128 cm³/mol. The van der Waals surface area contributed by atoms with Gasteiger partial charge in [-0.2, -0.15) is 0 Å². The summed E-state index contributed by atoms with van der Waals surface area (Å²) in [7, 11) is -3.85. The highest BCUT2D eigenvalue weighted by Crippen LogP contribution is 2.26. The van der Waals surface area contributed by atoms with E-state index in [-0.39, 0.29) is 24.2 Å². The van der Waals surface area contributed by atoms with E-state index < -0.39 is 34.3 Å². The highest BCUT2D eigenvalue weighted by Gasteiger charge is 2.30. The van der Waals surface area contributed by atoms with Crippen LogP contribution in [0.4, 0.5) is 10.1 Å². The zero-order valence-corrected chi connectivity index (χ0v) is 20.9. The van der Waals surface area contributed by atoms with Crippen molar-refractivity contribution in [3.63, 3.8) is 0 Å². The van der Waals surface area contributed by atoms with Crippen LogP contribution in [0.1, 0.15) is 31.9 Å². The molecule has 2 amide bonds. The summed E-state index contributed by atoms with van der Waals surface area (Å²) >= 11 is 6.07. The van der Waals surface area contributed by atoms with E-state index in [1.165, 1.54) is 35.2 Å². The predicted octanol–water partition coefficient (Wildman–Crippen LogP) is 3.50. The number of sulfonamides is 1. The van der Waals surface area contributed by atoms with Gasteiger partial charge in [-0.1, -0.05) is 29.8 Å². The molecule has 33 heavy (non-hydrogen) atoms. The van der Waals surface area contributed by atoms with Crippen LogP contribution < -0.4 is 9.62 Å². The maximum Gasteiger partial charge on any atom is 0.244 e. The number of carbonyl (C=O) groups is 2. The number of nitrogens with one attached hydrogen (secondary N) is 1. The molecule has 2 aromatic rings. The van der Waals surface area contributed by atoms with Crippen LogP contribution in [0.5, 0.6) is 0 Å². The Balaban J connectivity index is 2.42. The lowest BCUT2D eigenvalue weighted by atomic mass is 10.1. The number of hydrogen-bond donors (Lipinski definition) is 1. The molecule has 0 saturated carbocycles. The molecule has 0 spiro atoms. The van der Waals surface area contributed by atoms with Crippen molar-refractivity contribution in [2.24, 2.45) is 0 Å². The van der Waals surface area contributed by atoms with Crippen LogP contribution in [0, 0.1) is 12.7 Å². The normalized spacial score (nSPS) is 12.4. The van der Waals surface area contributed by atoms with Gasteiger partial charge in [0.2, 0.25) is 21.8 Å². The van der Waals surface area contributed by atoms with Crippen LogP contribution in [-0.2, 0) is 26.2 Å². The first kappa shape index (κ1) is 26.6. The molecule has 0 unspecified atom stereocenters. The molecule has 0 radical (unpaired) electrons. The van der Waals surface area contributed by atoms with Gasteiger partial charge in [-0.15, -0.1) is 0 Å². The average Bonchev–Trinajstić information content (AvgIpc) is 2.71. The van der Waals surface area contributed by atoms with Crippen molar-refractivity contribution in [2.75, 3.05) is 17.1 Å². The van der Waals surface area contributed by atoms with E-state index in [1.54, 1.807) is 39.8 Å². The molecule has 0 bridgehead atoms. The molecule has 1 N–H and O–H groups in total. The van der Waals surface area contributed by atoms with Crippen LogP contribution >= 0.6 is 11.6 Å². The van der Waals surface area contributed by atoms with Crippen LogP contribution in [0.3, 0.4) is 0 Å². The maximum atomic E-state index is 13.4. The highest BCUT2D eigenvalue weighted by atomic mass is 35.5. The van der Waals surface area contributed by atoms with Crippen LogP contribution in [0.25, 0.3) is 0 Å². The Morgan fingerprint density at radius 3 is 2.24 bits per heavy atom. The third-order valence-electron chi connectivity index (χ3n) is 4.98. The molecule has 0 aliphatic heterocycles. The molecule has 0 aliphatic rings. The van der Waals surface area contributed by atoms with Gasteiger partial charge in [-0.05, 0) is 63.1 Å². The lowest BCUT2D eigenvalue weighted by Crippen LogP contribution is -2.52. The third kappa shape index (κ3) is 7.43. The van der Waals surface area contributed by atoms with Gasteiger partial charge in [0.05, 0.1) is 11.9 Å². The summed E-state index contributed by atoms with van der Waals surface area (Å²) in [6.07, 6.45) is 1.000. The molecule has 10 heteroatoms. The first-order valence-corrected chi connectivity index (χ1v) is 12.6. The Morgan fingerprint density at radius 2 is 1.70 bits per heavy atom. The minimum Gasteiger partial charge on any atom is -0.352 e. The monoisotopic (exact) mass is 497 g/mol. The van der Waals surface area contributed by atoms with Crippen molar-refractivity contribution >= 4 is 39.1 Å². The second-order valence-corrected chi connectivity index (χ2v) is 10.5. The number of anilines is 1. The van der Waals surface area contributed by atoms with Crippen LogP contribution in [0.15, 0.2) is 42.5 Å². The van der Waals surface area contributed by atoms with Crippen LogP contribution in [0.2, 0.25) is 5.02 Å². The number of hydrogen-bond acceptors (Lipinski definition) is 4. The smallest absolute Gasteiger partial charge is 0.244 e. The van der Waals surface area contributed by atoms with Gasteiger partial charge in [0.1, 0.15) is 18.4 Å². The van der Waals surface area contributed by atoms with E-state index in [1.807, 2.05) is 0 Å². The van der Waals surface area contributed by atoms with E-state index in [4.69, 9.17) is 11.6 Å². The number of nitrogens with zero attached hydrogens (tertiary/aromatic N) is 2. The second-order valence-electron chi connectivity index (χ2n) is 8.19. The Kier molecular flexibility index (Phi) is 8.85. The Morgan fingerprint density at radius 1 is 1.09 bits per heavy atom. The number of amides is 2. The van der Waals surface area contributed by atoms with Crippen LogP contribution in [-0.4, -0.2) is 50.0 Å². The minimum absolute atomic E-state index is 0.00206. The summed E-state index contributed by atoms with van der Waals surface area (Å²) in [6, 6.07) is 9.26. The number of benzene rings is 2. The molecule has 0 fully saturated rings. The van der Waals surface area contributed by atoms with E-state index in [0.717, 1.165) is 10.6 Å². The number of aryl methyl sites for hydroxylation is 1. The van der Waals surface area contributed by atoms with Crippen molar-refractivity contribution in [3.05, 3.63) is 64.4 Å². The zero-order chi connectivity index (χ0) is 24.9. The van der Waals surface area contributed by atoms with Gasteiger partial charge in [0, 0.05) is 17.6 Å². The summed E-state index contributed by atoms with van der Waals surface area (Å²) in [5, 5.41) is 3.09. The number of carbonyl (C=O) groups excluding carboxylic acids is 2. The molecular formula is C23H29ClFN3O4S. The lowest BCUT2D eigenvalue weighted by molar-refractivity contribution is -0.139. The first-order chi connectivity index (χ1) is 15.3. The quantitative estimate of drug-likeness (QED) is 0.574. The molecule has 0 saturated heterocycles. The lowest BCUT2D eigenvalue weighted by Gasteiger charge is -2.32. The Labute approximate surface area is 199 Å². The van der Waals surface area contributed by atoms with Gasteiger partial charge in [-0.25, -0.2) is 12.8 Å². The first-order valence-electron chi connectivity index (χ1n) is 10.4. The minimum atomic E-state index is -3.85. The maximum absolute atomic E-state index is 13.4. The summed E-state index contributed by atoms with van der Waals surface area (Å²) in [5.41, 5.74) is 1.49. The fourth-order valence-corrected chi connectivity index (χ4v) is 4.29. The summed E-state index contributed by atoms with van der Waals surface area (Å²) < 4.78 is 39.5. The molecule has 0 heterocycles. The third-order valence-corrected chi connectivity index (χ3v) is 6.35. The number of rotatable bonds is 9. The molecule has 0 aliphatic carbocycles. The topological polar surface area (TPSA) is 86.8 Å². The van der Waals surface area contributed by atoms with Gasteiger partial charge >= 0.3 is 0 Å². The standard InChI is InChI=1S/C23H29ClFN3O4S/c1-15(2)26-23(30)17(4)27(13-18-7-10-20(25)11-8-18)22(29)14-28(33(5,31)32)21-12-19(24)9-6-16(21)3/h6-12,15,17H,13-14H2,1-5H3,(H,26,30)/t17-/m1/s1. The molecule has 1 atom stereocenters. The second kappa shape index (κ2) is 11.0. The van der Waals surface area contributed by atoms with Crippen molar-refractivity contribution in [2.45, 2.75) is 46.3 Å².